The molecular weight excluding hydrogens is 218 g/mol. The summed E-state index contributed by atoms with van der Waals surface area (Å²) in [5.41, 5.74) is 6.83. The minimum Gasteiger partial charge on any atom is -0.490 e. The zero-order valence-electron chi connectivity index (χ0n) is 9.89. The topological polar surface area (TPSA) is 61.5 Å². The summed E-state index contributed by atoms with van der Waals surface area (Å²) in [5.74, 6) is 0.524. The van der Waals surface area contributed by atoms with Crippen molar-refractivity contribution < 1.29 is 14.3 Å². The molecule has 4 nitrogen and oxygen atoms in total. The molecule has 4 heteroatoms. The predicted molar refractivity (Wildman–Crippen MR) is 63.7 cm³/mol. The predicted octanol–water partition coefficient (Wildman–Crippen LogP) is 1.79. The Kier molecular flexibility index (Phi) is 3.64. The fourth-order valence-electron chi connectivity index (χ4n) is 1.58. The molecule has 1 saturated carbocycles. The second kappa shape index (κ2) is 5.19. The van der Waals surface area contributed by atoms with E-state index in [1.165, 1.54) is 7.11 Å². The summed E-state index contributed by atoms with van der Waals surface area (Å²) in [4.78, 5) is 11.1. The molecular formula is C13H17NO3. The molecule has 0 heterocycles. The summed E-state index contributed by atoms with van der Waals surface area (Å²) in [5, 5.41) is 0. The van der Waals surface area contributed by atoms with Crippen LogP contribution in [0.4, 0.5) is 0 Å². The number of esters is 1. The molecule has 1 aliphatic rings. The van der Waals surface area contributed by atoms with E-state index in [1.807, 2.05) is 24.3 Å². The summed E-state index contributed by atoms with van der Waals surface area (Å²) in [7, 11) is 1.36. The molecule has 1 aromatic rings. The smallest absolute Gasteiger partial charge is 0.307 e. The van der Waals surface area contributed by atoms with Gasteiger partial charge >= 0.3 is 5.97 Å². The molecule has 0 aliphatic heterocycles. The van der Waals surface area contributed by atoms with E-state index in [0.717, 1.165) is 24.2 Å². The first kappa shape index (κ1) is 11.9. The van der Waals surface area contributed by atoms with Crippen molar-refractivity contribution in [2.24, 2.45) is 5.73 Å². The van der Waals surface area contributed by atoms with Gasteiger partial charge in [-0.1, -0.05) is 12.1 Å². The van der Waals surface area contributed by atoms with Crippen LogP contribution in [-0.2, 0) is 9.53 Å². The van der Waals surface area contributed by atoms with Crippen LogP contribution in [0.5, 0.6) is 5.75 Å². The molecule has 1 atom stereocenters. The molecule has 0 aromatic heterocycles. The number of hydrogen-bond donors (Lipinski definition) is 1. The van der Waals surface area contributed by atoms with E-state index < -0.39 is 0 Å². The van der Waals surface area contributed by atoms with Crippen LogP contribution < -0.4 is 10.5 Å². The van der Waals surface area contributed by atoms with Crippen molar-refractivity contribution in [1.29, 1.82) is 0 Å². The van der Waals surface area contributed by atoms with Gasteiger partial charge < -0.3 is 15.2 Å². The average molecular weight is 235 g/mol. The van der Waals surface area contributed by atoms with Crippen LogP contribution >= 0.6 is 0 Å². The van der Waals surface area contributed by atoms with Crippen molar-refractivity contribution in [2.45, 2.75) is 31.4 Å². The monoisotopic (exact) mass is 235 g/mol. The first-order chi connectivity index (χ1) is 8.19. The first-order valence-electron chi connectivity index (χ1n) is 5.78. The zero-order chi connectivity index (χ0) is 12.3. The van der Waals surface area contributed by atoms with Crippen LogP contribution in [0.15, 0.2) is 24.3 Å². The van der Waals surface area contributed by atoms with Gasteiger partial charge in [0, 0.05) is 6.04 Å². The third-order valence-electron chi connectivity index (χ3n) is 2.73. The Morgan fingerprint density at radius 2 is 2.29 bits per heavy atom. The summed E-state index contributed by atoms with van der Waals surface area (Å²) < 4.78 is 10.3. The van der Waals surface area contributed by atoms with Gasteiger partial charge in [0.25, 0.3) is 0 Å². The minimum absolute atomic E-state index is 0.184. The molecule has 0 amide bonds. The van der Waals surface area contributed by atoms with Gasteiger partial charge in [-0.25, -0.2) is 0 Å². The molecule has 2 rings (SSSR count). The van der Waals surface area contributed by atoms with Gasteiger partial charge in [0.15, 0.2) is 0 Å². The molecule has 0 spiro atoms. The van der Waals surface area contributed by atoms with Crippen LogP contribution in [0.25, 0.3) is 0 Å². The van der Waals surface area contributed by atoms with Gasteiger partial charge in [-0.2, -0.15) is 0 Å². The van der Waals surface area contributed by atoms with Crippen molar-refractivity contribution in [3.8, 4) is 5.75 Å². The highest BCUT2D eigenvalue weighted by Crippen LogP contribution is 2.28. The van der Waals surface area contributed by atoms with E-state index in [9.17, 15) is 4.79 Å². The highest BCUT2D eigenvalue weighted by Gasteiger charge is 2.23. The van der Waals surface area contributed by atoms with Crippen LogP contribution in [0.3, 0.4) is 0 Å². The number of methoxy groups -OCH3 is 1. The van der Waals surface area contributed by atoms with Crippen molar-refractivity contribution in [3.05, 3.63) is 29.8 Å². The Morgan fingerprint density at radius 1 is 1.53 bits per heavy atom. The minimum atomic E-state index is -0.342. The molecule has 17 heavy (non-hydrogen) atoms. The maximum Gasteiger partial charge on any atom is 0.307 e. The molecule has 0 bridgehead atoms. The summed E-state index contributed by atoms with van der Waals surface area (Å²) in [6, 6.07) is 7.25. The van der Waals surface area contributed by atoms with Crippen molar-refractivity contribution in [2.75, 3.05) is 7.11 Å². The first-order valence-corrected chi connectivity index (χ1v) is 5.78. The molecule has 92 valence electrons. The second-order valence-corrected chi connectivity index (χ2v) is 4.28. The molecule has 0 saturated heterocycles. The lowest BCUT2D eigenvalue weighted by Crippen LogP contribution is -2.16. The maximum atomic E-state index is 11.1. The number of rotatable bonds is 5. The Bertz CT molecular complexity index is 401. The van der Waals surface area contributed by atoms with Crippen LogP contribution in [-0.4, -0.2) is 19.2 Å². The van der Waals surface area contributed by atoms with E-state index in [1.54, 1.807) is 0 Å². The van der Waals surface area contributed by atoms with Crippen LogP contribution in [0.2, 0.25) is 0 Å². The average Bonchev–Trinajstić information content (AvgIpc) is 3.13. The number of hydrogen-bond acceptors (Lipinski definition) is 4. The number of carbonyl (C=O) groups is 1. The van der Waals surface area contributed by atoms with Crippen molar-refractivity contribution >= 4 is 5.97 Å². The van der Waals surface area contributed by atoms with E-state index in [0.29, 0.717) is 6.10 Å². The number of benzene rings is 1. The van der Waals surface area contributed by atoms with E-state index in [-0.39, 0.29) is 18.4 Å². The Balaban J connectivity index is 2.00. The third-order valence-corrected chi connectivity index (χ3v) is 2.73. The highest BCUT2D eigenvalue weighted by molar-refractivity contribution is 5.70. The number of ether oxygens (including phenoxy) is 2. The van der Waals surface area contributed by atoms with Gasteiger partial charge in [-0.3, -0.25) is 4.79 Å². The Morgan fingerprint density at radius 3 is 2.94 bits per heavy atom. The molecule has 0 radical (unpaired) electrons. The maximum absolute atomic E-state index is 11.1. The summed E-state index contributed by atoms with van der Waals surface area (Å²) in [6.45, 7) is 0. The molecule has 1 aromatic carbocycles. The third kappa shape index (κ3) is 3.46. The van der Waals surface area contributed by atoms with E-state index in [4.69, 9.17) is 10.5 Å². The van der Waals surface area contributed by atoms with Crippen molar-refractivity contribution in [3.63, 3.8) is 0 Å². The van der Waals surface area contributed by atoms with Crippen molar-refractivity contribution in [1.82, 2.24) is 0 Å². The standard InChI is InChI=1S/C13H17NO3/c1-16-13(15)8-12(14)9-3-2-4-11(7-9)17-10-5-6-10/h2-4,7,10,12H,5-6,8,14H2,1H3. The zero-order valence-corrected chi connectivity index (χ0v) is 9.89. The van der Waals surface area contributed by atoms with Gasteiger partial charge in [-0.15, -0.1) is 0 Å². The fourth-order valence-corrected chi connectivity index (χ4v) is 1.58. The van der Waals surface area contributed by atoms with Gasteiger partial charge in [0.2, 0.25) is 0 Å². The lowest BCUT2D eigenvalue weighted by atomic mass is 10.0. The SMILES string of the molecule is COC(=O)CC(N)c1cccc(OC2CC2)c1. The largest absolute Gasteiger partial charge is 0.490 e. The quantitative estimate of drug-likeness (QED) is 0.790. The highest BCUT2D eigenvalue weighted by atomic mass is 16.5. The molecule has 1 fully saturated rings. The lowest BCUT2D eigenvalue weighted by Gasteiger charge is -2.12. The summed E-state index contributed by atoms with van der Waals surface area (Å²) in [6.07, 6.45) is 2.79. The fraction of sp³-hybridized carbons (Fsp3) is 0.462. The molecule has 1 aliphatic carbocycles. The van der Waals surface area contributed by atoms with E-state index >= 15 is 0 Å². The normalized spacial score (nSPS) is 16.4. The second-order valence-electron chi connectivity index (χ2n) is 4.28. The molecule has 1 unspecified atom stereocenters. The number of nitrogens with two attached hydrogens (primary N) is 1. The molecule has 2 N–H and O–H groups in total. The van der Waals surface area contributed by atoms with E-state index in [2.05, 4.69) is 4.74 Å². The van der Waals surface area contributed by atoms with Gasteiger partial charge in [0.05, 0.1) is 19.6 Å². The van der Waals surface area contributed by atoms with Gasteiger partial charge in [0.1, 0.15) is 5.75 Å². The van der Waals surface area contributed by atoms with Crippen LogP contribution in [0, 0.1) is 0 Å². The Labute approximate surface area is 101 Å². The summed E-state index contributed by atoms with van der Waals surface area (Å²) >= 11 is 0. The number of carbonyl (C=O) groups excluding carboxylic acids is 1. The van der Waals surface area contributed by atoms with Gasteiger partial charge in [-0.05, 0) is 30.5 Å². The lowest BCUT2D eigenvalue weighted by molar-refractivity contribution is -0.141. The Hall–Kier alpha value is -1.55. The van der Waals surface area contributed by atoms with Crippen LogP contribution in [0.1, 0.15) is 30.9 Å².